The first-order valence-corrected chi connectivity index (χ1v) is 8.17. The fourth-order valence-corrected chi connectivity index (χ4v) is 2.55. The third kappa shape index (κ3) is 4.81. The molecule has 0 spiro atoms. The summed E-state index contributed by atoms with van der Waals surface area (Å²) in [5.41, 5.74) is -0.947. The van der Waals surface area contributed by atoms with E-state index in [1.807, 2.05) is 6.07 Å². The average molecular weight is 372 g/mol. The Bertz CT molecular complexity index is 835. The van der Waals surface area contributed by atoms with Gasteiger partial charge in [0.1, 0.15) is 6.61 Å². The Morgan fingerprint density at radius 3 is 2.33 bits per heavy atom. The molecule has 2 rings (SSSR count). The van der Waals surface area contributed by atoms with E-state index in [2.05, 4.69) is 5.32 Å². The summed E-state index contributed by atoms with van der Waals surface area (Å²) in [5.74, 6) is -1.21. The van der Waals surface area contributed by atoms with Gasteiger partial charge in [-0.3, -0.25) is 14.9 Å². The van der Waals surface area contributed by atoms with Crippen molar-refractivity contribution in [1.82, 2.24) is 5.32 Å². The molecule has 0 bridgehead atoms. The minimum atomic E-state index is -1.52. The van der Waals surface area contributed by atoms with E-state index in [0.717, 1.165) is 5.56 Å². The van der Waals surface area contributed by atoms with E-state index in [4.69, 9.17) is 4.74 Å². The molecule has 0 saturated carbocycles. The summed E-state index contributed by atoms with van der Waals surface area (Å²) in [6.07, 6.45) is -0.865. The Balaban J connectivity index is 2.28. The van der Waals surface area contributed by atoms with Gasteiger partial charge in [0, 0.05) is 6.07 Å². The van der Waals surface area contributed by atoms with Crippen LogP contribution in [-0.2, 0) is 16.1 Å². The van der Waals surface area contributed by atoms with E-state index in [1.54, 1.807) is 30.3 Å². The molecule has 1 atom stereocenters. The second-order valence-corrected chi connectivity index (χ2v) is 6.48. The highest BCUT2D eigenvalue weighted by Crippen LogP contribution is 2.38. The molecule has 0 aliphatic carbocycles. The maximum Gasteiger partial charge on any atom is 0.407 e. The molecule has 0 aromatic heterocycles. The summed E-state index contributed by atoms with van der Waals surface area (Å²) >= 11 is 0. The van der Waals surface area contributed by atoms with Crippen LogP contribution < -0.4 is 5.32 Å². The van der Waals surface area contributed by atoms with E-state index in [-0.39, 0.29) is 17.9 Å². The van der Waals surface area contributed by atoms with Crippen LogP contribution in [0, 0.1) is 15.5 Å². The number of para-hydroxylation sites is 1. The number of hydrogen-bond acceptors (Lipinski definition) is 5. The topological polar surface area (TPSA) is 119 Å². The third-order valence-electron chi connectivity index (χ3n) is 4.19. The maximum atomic E-state index is 12.3. The molecule has 8 heteroatoms. The lowest BCUT2D eigenvalue weighted by molar-refractivity contribution is -0.385. The summed E-state index contributed by atoms with van der Waals surface area (Å²) in [4.78, 5) is 34.7. The second kappa shape index (κ2) is 8.31. The van der Waals surface area contributed by atoms with Crippen LogP contribution in [0.4, 0.5) is 10.5 Å². The number of nitro groups is 1. The highest BCUT2D eigenvalue weighted by molar-refractivity contribution is 5.77. The smallest absolute Gasteiger partial charge is 0.407 e. The van der Waals surface area contributed by atoms with Gasteiger partial charge in [0.05, 0.1) is 21.9 Å². The quantitative estimate of drug-likeness (QED) is 0.565. The number of nitrogens with zero attached hydrogens (tertiary/aromatic N) is 1. The van der Waals surface area contributed by atoms with E-state index >= 15 is 0 Å². The summed E-state index contributed by atoms with van der Waals surface area (Å²) in [5, 5.41) is 23.4. The molecule has 2 N–H and O–H groups in total. The van der Waals surface area contributed by atoms with Crippen molar-refractivity contribution in [1.29, 1.82) is 0 Å². The number of carboxylic acids is 1. The molecular formula is C19H20N2O6. The molecule has 0 saturated heterocycles. The average Bonchev–Trinajstić information content (AvgIpc) is 2.65. The van der Waals surface area contributed by atoms with Gasteiger partial charge in [-0.2, -0.15) is 0 Å². The number of nitrogens with one attached hydrogen (secondary N) is 1. The number of alkyl carbamates (subject to hydrolysis) is 1. The highest BCUT2D eigenvalue weighted by Gasteiger charge is 2.42. The van der Waals surface area contributed by atoms with E-state index in [1.165, 1.54) is 32.0 Å². The molecule has 0 unspecified atom stereocenters. The maximum absolute atomic E-state index is 12.3. The van der Waals surface area contributed by atoms with Crippen molar-refractivity contribution in [2.45, 2.75) is 26.5 Å². The SMILES string of the molecule is CC(C)(C(=O)O)[C@H](NC(=O)OCc1ccccc1)c1ccccc1[N+](=O)[O-]. The van der Waals surface area contributed by atoms with Crippen LogP contribution in [0.3, 0.4) is 0 Å². The number of benzene rings is 2. The van der Waals surface area contributed by atoms with E-state index in [0.29, 0.717) is 0 Å². The molecular weight excluding hydrogens is 352 g/mol. The van der Waals surface area contributed by atoms with Crippen molar-refractivity contribution in [3.63, 3.8) is 0 Å². The molecule has 0 heterocycles. The highest BCUT2D eigenvalue weighted by atomic mass is 16.6. The largest absolute Gasteiger partial charge is 0.481 e. The number of carbonyl (C=O) groups excluding carboxylic acids is 1. The van der Waals surface area contributed by atoms with Crippen LogP contribution >= 0.6 is 0 Å². The van der Waals surface area contributed by atoms with Crippen molar-refractivity contribution >= 4 is 17.7 Å². The van der Waals surface area contributed by atoms with E-state index in [9.17, 15) is 24.8 Å². The zero-order chi connectivity index (χ0) is 20.0. The van der Waals surface area contributed by atoms with Crippen LogP contribution in [0.5, 0.6) is 0 Å². The van der Waals surface area contributed by atoms with Crippen molar-refractivity contribution in [3.05, 3.63) is 75.8 Å². The number of aliphatic carboxylic acids is 1. The van der Waals surface area contributed by atoms with E-state index < -0.39 is 28.4 Å². The number of carboxylic acid groups (broad SMARTS) is 1. The standard InChI is InChI=1S/C19H20N2O6/c1-19(2,17(22)23)16(14-10-6-7-11-15(14)21(25)26)20-18(24)27-12-13-8-4-3-5-9-13/h3-11,16H,12H2,1-2H3,(H,20,24)(H,22,23)/t16-/m1/s1. The predicted molar refractivity (Wildman–Crippen MR) is 97.0 cm³/mol. The Morgan fingerprint density at radius 2 is 1.74 bits per heavy atom. The molecule has 2 aromatic rings. The molecule has 27 heavy (non-hydrogen) atoms. The van der Waals surface area contributed by atoms with Gasteiger partial charge in [0.2, 0.25) is 0 Å². The van der Waals surface area contributed by atoms with Gasteiger partial charge in [0.15, 0.2) is 0 Å². The summed E-state index contributed by atoms with van der Waals surface area (Å²) in [6, 6.07) is 13.5. The van der Waals surface area contributed by atoms with Gasteiger partial charge in [-0.15, -0.1) is 0 Å². The number of nitro benzene ring substituents is 1. The monoisotopic (exact) mass is 372 g/mol. The number of carbonyl (C=O) groups is 2. The number of rotatable bonds is 7. The molecule has 0 radical (unpaired) electrons. The normalized spacial score (nSPS) is 12.1. The Morgan fingerprint density at radius 1 is 1.15 bits per heavy atom. The van der Waals surface area contributed by atoms with Gasteiger partial charge in [-0.1, -0.05) is 48.5 Å². The van der Waals surface area contributed by atoms with Crippen molar-refractivity contribution in [2.75, 3.05) is 0 Å². The lowest BCUT2D eigenvalue weighted by Crippen LogP contribution is -2.42. The Hall–Kier alpha value is -3.42. The van der Waals surface area contributed by atoms with Crippen molar-refractivity contribution < 1.29 is 24.4 Å². The minimum absolute atomic E-state index is 0.0101. The lowest BCUT2D eigenvalue weighted by atomic mass is 9.80. The molecule has 2 aromatic carbocycles. The number of hydrogen-bond donors (Lipinski definition) is 2. The summed E-state index contributed by atoms with van der Waals surface area (Å²) < 4.78 is 5.14. The first-order chi connectivity index (χ1) is 12.7. The van der Waals surface area contributed by atoms with Crippen LogP contribution in [0.2, 0.25) is 0 Å². The van der Waals surface area contributed by atoms with Gasteiger partial charge in [-0.25, -0.2) is 4.79 Å². The predicted octanol–water partition coefficient (Wildman–Crippen LogP) is 3.67. The van der Waals surface area contributed by atoms with Gasteiger partial charge < -0.3 is 15.2 Å². The van der Waals surface area contributed by atoms with Crippen molar-refractivity contribution in [3.8, 4) is 0 Å². The fraction of sp³-hybridized carbons (Fsp3) is 0.263. The summed E-state index contributed by atoms with van der Waals surface area (Å²) in [7, 11) is 0. The minimum Gasteiger partial charge on any atom is -0.481 e. The Labute approximate surface area is 155 Å². The molecule has 1 amide bonds. The third-order valence-corrected chi connectivity index (χ3v) is 4.19. The molecule has 0 fully saturated rings. The van der Waals surface area contributed by atoms with Gasteiger partial charge >= 0.3 is 12.1 Å². The number of ether oxygens (including phenoxy) is 1. The molecule has 0 aliphatic rings. The first-order valence-electron chi connectivity index (χ1n) is 8.17. The first kappa shape index (κ1) is 19.9. The van der Waals surface area contributed by atoms with Crippen LogP contribution in [0.15, 0.2) is 54.6 Å². The molecule has 8 nitrogen and oxygen atoms in total. The zero-order valence-corrected chi connectivity index (χ0v) is 14.9. The fourth-order valence-electron chi connectivity index (χ4n) is 2.55. The Kier molecular flexibility index (Phi) is 6.12. The number of amides is 1. The van der Waals surface area contributed by atoms with Crippen molar-refractivity contribution in [2.24, 2.45) is 5.41 Å². The van der Waals surface area contributed by atoms with Gasteiger partial charge in [0.25, 0.3) is 5.69 Å². The van der Waals surface area contributed by atoms with Gasteiger partial charge in [-0.05, 0) is 19.4 Å². The molecule has 0 aliphatic heterocycles. The molecule has 142 valence electrons. The van der Waals surface area contributed by atoms with Crippen LogP contribution in [0.1, 0.15) is 31.0 Å². The second-order valence-electron chi connectivity index (χ2n) is 6.48. The van der Waals surface area contributed by atoms with Crippen LogP contribution in [0.25, 0.3) is 0 Å². The van der Waals surface area contributed by atoms with Crippen LogP contribution in [-0.4, -0.2) is 22.1 Å². The zero-order valence-electron chi connectivity index (χ0n) is 14.9. The summed E-state index contributed by atoms with van der Waals surface area (Å²) in [6.45, 7) is 2.76. The lowest BCUT2D eigenvalue weighted by Gasteiger charge is -2.30.